The van der Waals surface area contributed by atoms with Crippen LogP contribution in [0.3, 0.4) is 0 Å². The van der Waals surface area contributed by atoms with E-state index in [0.717, 1.165) is 19.3 Å². The van der Waals surface area contributed by atoms with Gasteiger partial charge in [-0.15, -0.1) is 5.10 Å². The van der Waals surface area contributed by atoms with Crippen molar-refractivity contribution in [2.45, 2.75) is 32.0 Å². The summed E-state index contributed by atoms with van der Waals surface area (Å²) in [5.41, 5.74) is -2.30. The van der Waals surface area contributed by atoms with Crippen LogP contribution >= 0.6 is 0 Å². The predicted octanol–water partition coefficient (Wildman–Crippen LogP) is 1.80. The van der Waals surface area contributed by atoms with Crippen LogP contribution in [0.2, 0.25) is 0 Å². The number of nitrogens with zero attached hydrogens (tertiary/aromatic N) is 3. The minimum Gasteiger partial charge on any atom is -0.476 e. The molecule has 1 heterocycles. The average molecular weight is 249 g/mol. The Balaban J connectivity index is 2.34. The highest BCUT2D eigenvalue weighted by molar-refractivity contribution is 5.86. The van der Waals surface area contributed by atoms with E-state index in [1.807, 2.05) is 0 Å². The standard InChI is InChI=1S/C9H10F3N3O2/c10-9(11,12)7-6(8(16)17)13-14-15(7)4-5-2-1-3-5/h5H,1-4H2,(H,16,17). The number of carboxylic acid groups (broad SMARTS) is 1. The fraction of sp³-hybridized carbons (Fsp3) is 0.667. The first kappa shape index (κ1) is 11.9. The molecule has 0 unspecified atom stereocenters. The molecule has 0 radical (unpaired) electrons. The van der Waals surface area contributed by atoms with E-state index in [1.54, 1.807) is 0 Å². The largest absolute Gasteiger partial charge is 0.476 e. The summed E-state index contributed by atoms with van der Waals surface area (Å²) in [6.07, 6.45) is -2.06. The average Bonchev–Trinajstić information content (AvgIpc) is 2.53. The van der Waals surface area contributed by atoms with E-state index in [2.05, 4.69) is 10.3 Å². The first-order chi connectivity index (χ1) is 7.89. The summed E-state index contributed by atoms with van der Waals surface area (Å²) >= 11 is 0. The summed E-state index contributed by atoms with van der Waals surface area (Å²) in [4.78, 5) is 10.6. The zero-order valence-electron chi connectivity index (χ0n) is 8.74. The van der Waals surface area contributed by atoms with Crippen molar-refractivity contribution in [2.24, 2.45) is 5.92 Å². The van der Waals surface area contributed by atoms with E-state index < -0.39 is 23.5 Å². The van der Waals surface area contributed by atoms with Crippen LogP contribution in [-0.4, -0.2) is 26.1 Å². The number of halogens is 3. The van der Waals surface area contributed by atoms with Gasteiger partial charge in [0.25, 0.3) is 0 Å². The van der Waals surface area contributed by atoms with Gasteiger partial charge in [0.2, 0.25) is 5.69 Å². The number of carboxylic acids is 1. The summed E-state index contributed by atoms with van der Waals surface area (Å²) < 4.78 is 38.8. The molecule has 1 saturated carbocycles. The van der Waals surface area contributed by atoms with Crippen molar-refractivity contribution in [1.29, 1.82) is 0 Å². The lowest BCUT2D eigenvalue weighted by molar-refractivity contribution is -0.145. The predicted molar refractivity (Wildman–Crippen MR) is 49.3 cm³/mol. The van der Waals surface area contributed by atoms with E-state index >= 15 is 0 Å². The Morgan fingerprint density at radius 3 is 2.53 bits per heavy atom. The highest BCUT2D eigenvalue weighted by Gasteiger charge is 2.42. The number of aromatic carboxylic acids is 1. The molecule has 0 bridgehead atoms. The molecule has 0 spiro atoms. The smallest absolute Gasteiger partial charge is 0.435 e. The molecule has 94 valence electrons. The molecule has 0 aliphatic heterocycles. The van der Waals surface area contributed by atoms with Crippen LogP contribution in [0.4, 0.5) is 13.2 Å². The van der Waals surface area contributed by atoms with Gasteiger partial charge < -0.3 is 5.11 Å². The quantitative estimate of drug-likeness (QED) is 0.886. The van der Waals surface area contributed by atoms with Gasteiger partial charge in [0, 0.05) is 6.54 Å². The molecule has 0 atom stereocenters. The molecule has 0 saturated heterocycles. The number of alkyl halides is 3. The molecule has 0 aromatic carbocycles. The third-order valence-electron chi connectivity index (χ3n) is 2.86. The van der Waals surface area contributed by atoms with E-state index in [0.29, 0.717) is 4.68 Å². The number of rotatable bonds is 3. The van der Waals surface area contributed by atoms with Crippen LogP contribution in [0.1, 0.15) is 35.4 Å². The van der Waals surface area contributed by atoms with Crippen LogP contribution in [0.25, 0.3) is 0 Å². The summed E-state index contributed by atoms with van der Waals surface area (Å²) in [7, 11) is 0. The van der Waals surface area contributed by atoms with Crippen LogP contribution in [-0.2, 0) is 12.7 Å². The lowest BCUT2D eigenvalue weighted by Crippen LogP contribution is -2.24. The van der Waals surface area contributed by atoms with Gasteiger partial charge in [-0.2, -0.15) is 13.2 Å². The van der Waals surface area contributed by atoms with Gasteiger partial charge in [-0.3, -0.25) is 0 Å². The third-order valence-corrected chi connectivity index (χ3v) is 2.86. The Labute approximate surface area is 94.2 Å². The molecule has 1 aliphatic carbocycles. The third kappa shape index (κ3) is 2.25. The molecule has 1 aliphatic rings. The SMILES string of the molecule is O=C(O)c1nnn(CC2CCC2)c1C(F)(F)F. The minimum atomic E-state index is -4.75. The lowest BCUT2D eigenvalue weighted by atomic mass is 9.85. The van der Waals surface area contributed by atoms with Gasteiger partial charge in [0.05, 0.1) is 0 Å². The molecule has 2 rings (SSSR count). The van der Waals surface area contributed by atoms with E-state index in [4.69, 9.17) is 5.11 Å². The molecule has 8 heteroatoms. The molecule has 1 aromatic heterocycles. The molecule has 17 heavy (non-hydrogen) atoms. The zero-order valence-corrected chi connectivity index (χ0v) is 8.74. The van der Waals surface area contributed by atoms with Crippen LogP contribution in [0, 0.1) is 5.92 Å². The molecule has 1 N–H and O–H groups in total. The second kappa shape index (κ2) is 4.01. The van der Waals surface area contributed by atoms with Crippen molar-refractivity contribution >= 4 is 5.97 Å². The Hall–Kier alpha value is -1.60. The van der Waals surface area contributed by atoms with Crippen molar-refractivity contribution in [3.8, 4) is 0 Å². The Bertz CT molecular complexity index is 437. The van der Waals surface area contributed by atoms with Gasteiger partial charge in [0.1, 0.15) is 0 Å². The van der Waals surface area contributed by atoms with E-state index in [-0.39, 0.29) is 12.5 Å². The summed E-state index contributed by atoms with van der Waals surface area (Å²) in [5.74, 6) is -1.57. The summed E-state index contributed by atoms with van der Waals surface area (Å²) in [6.45, 7) is 0.0785. The first-order valence-electron chi connectivity index (χ1n) is 5.13. The molecule has 1 aromatic rings. The van der Waals surface area contributed by atoms with Crippen LogP contribution in [0.15, 0.2) is 0 Å². The van der Waals surface area contributed by atoms with Gasteiger partial charge in [-0.25, -0.2) is 9.48 Å². The van der Waals surface area contributed by atoms with Crippen LogP contribution < -0.4 is 0 Å². The second-order valence-corrected chi connectivity index (χ2v) is 4.07. The number of hydrogen-bond acceptors (Lipinski definition) is 3. The molecule has 1 fully saturated rings. The lowest BCUT2D eigenvalue weighted by Gasteiger charge is -2.25. The van der Waals surface area contributed by atoms with Crippen molar-refractivity contribution in [3.63, 3.8) is 0 Å². The second-order valence-electron chi connectivity index (χ2n) is 4.07. The van der Waals surface area contributed by atoms with Crippen molar-refractivity contribution in [3.05, 3.63) is 11.4 Å². The Morgan fingerprint density at radius 1 is 1.47 bits per heavy atom. The van der Waals surface area contributed by atoms with Gasteiger partial charge in [0.15, 0.2) is 5.69 Å². The minimum absolute atomic E-state index is 0.0785. The monoisotopic (exact) mass is 249 g/mol. The van der Waals surface area contributed by atoms with Crippen molar-refractivity contribution < 1.29 is 23.1 Å². The van der Waals surface area contributed by atoms with Crippen molar-refractivity contribution in [2.75, 3.05) is 0 Å². The summed E-state index contributed by atoms with van der Waals surface area (Å²) in [6, 6.07) is 0. The number of aromatic nitrogens is 3. The maximum absolute atomic E-state index is 12.7. The zero-order chi connectivity index (χ0) is 12.6. The normalized spacial score (nSPS) is 16.9. The highest BCUT2D eigenvalue weighted by Crippen LogP contribution is 2.34. The first-order valence-corrected chi connectivity index (χ1v) is 5.13. The van der Waals surface area contributed by atoms with Crippen molar-refractivity contribution in [1.82, 2.24) is 15.0 Å². The van der Waals surface area contributed by atoms with Gasteiger partial charge >= 0.3 is 12.1 Å². The fourth-order valence-electron chi connectivity index (χ4n) is 1.79. The molecular weight excluding hydrogens is 239 g/mol. The summed E-state index contributed by atoms with van der Waals surface area (Å²) in [5, 5.41) is 15.0. The fourth-order valence-corrected chi connectivity index (χ4v) is 1.79. The maximum Gasteiger partial charge on any atom is 0.435 e. The Morgan fingerprint density at radius 2 is 2.12 bits per heavy atom. The van der Waals surface area contributed by atoms with Crippen LogP contribution in [0.5, 0.6) is 0 Å². The molecule has 0 amide bonds. The van der Waals surface area contributed by atoms with Gasteiger partial charge in [-0.1, -0.05) is 11.6 Å². The highest BCUT2D eigenvalue weighted by atomic mass is 19.4. The maximum atomic E-state index is 12.7. The molecule has 5 nitrogen and oxygen atoms in total. The Kier molecular flexibility index (Phi) is 2.80. The number of carbonyl (C=O) groups is 1. The van der Waals surface area contributed by atoms with Gasteiger partial charge in [-0.05, 0) is 18.8 Å². The topological polar surface area (TPSA) is 68.0 Å². The van der Waals surface area contributed by atoms with E-state index in [9.17, 15) is 18.0 Å². The number of hydrogen-bond donors (Lipinski definition) is 1. The van der Waals surface area contributed by atoms with E-state index in [1.165, 1.54) is 0 Å². The molecular formula is C9H10F3N3O2.